The minimum Gasteiger partial charge on any atom is -0.492 e. The van der Waals surface area contributed by atoms with Crippen molar-refractivity contribution in [3.63, 3.8) is 0 Å². The Labute approximate surface area is 131 Å². The number of hydrogen-bond donors (Lipinski definition) is 2. The van der Waals surface area contributed by atoms with E-state index in [0.29, 0.717) is 19.7 Å². The lowest BCUT2D eigenvalue weighted by atomic mass is 10.2. The number of hydrogen-bond acceptors (Lipinski definition) is 3. The molecule has 1 rings (SSSR count). The van der Waals surface area contributed by atoms with Crippen molar-refractivity contribution < 1.29 is 9.84 Å². The minimum absolute atomic E-state index is 0. The first-order chi connectivity index (χ1) is 8.04. The van der Waals surface area contributed by atoms with Crippen LogP contribution < -0.4 is 10.1 Å². The fourth-order valence-corrected chi connectivity index (χ4v) is 2.93. The summed E-state index contributed by atoms with van der Waals surface area (Å²) >= 11 is 6.98. The Balaban J connectivity index is 0.00000289. The first kappa shape index (κ1) is 18.2. The monoisotopic (exact) mass is 401 g/mol. The third-order valence-electron chi connectivity index (χ3n) is 2.12. The molecule has 0 heterocycles. The maximum Gasteiger partial charge on any atom is 0.147 e. The lowest BCUT2D eigenvalue weighted by Gasteiger charge is -2.12. The van der Waals surface area contributed by atoms with E-state index in [-0.39, 0.29) is 18.5 Å². The lowest BCUT2D eigenvalue weighted by Crippen LogP contribution is -2.23. The summed E-state index contributed by atoms with van der Waals surface area (Å²) in [6.07, 6.45) is -0.329. The Morgan fingerprint density at radius 3 is 2.33 bits per heavy atom. The van der Waals surface area contributed by atoms with Crippen molar-refractivity contribution in [3.05, 3.63) is 26.6 Å². The standard InChI is InChI=1S/C12H17Br2NO2.ClH/c1-3-17-12-10(13)4-9(5-11(12)14)7-15-6-8(2)16;/h4-5,8,15-16H,3,6-7H2,1-2H3;1H. The van der Waals surface area contributed by atoms with Gasteiger partial charge in [-0.1, -0.05) is 0 Å². The molecule has 0 fully saturated rings. The second-order valence-electron chi connectivity index (χ2n) is 3.80. The smallest absolute Gasteiger partial charge is 0.147 e. The van der Waals surface area contributed by atoms with Crippen LogP contribution >= 0.6 is 44.3 Å². The Kier molecular flexibility index (Phi) is 9.25. The highest BCUT2D eigenvalue weighted by Gasteiger charge is 2.08. The molecule has 0 aliphatic carbocycles. The zero-order valence-electron chi connectivity index (χ0n) is 10.4. The Hall–Kier alpha value is 0.190. The maximum atomic E-state index is 9.15. The van der Waals surface area contributed by atoms with Crippen LogP contribution in [0.25, 0.3) is 0 Å². The number of aliphatic hydroxyl groups is 1. The third kappa shape index (κ3) is 5.89. The molecule has 0 saturated carbocycles. The predicted molar refractivity (Wildman–Crippen MR) is 83.6 cm³/mol. The van der Waals surface area contributed by atoms with E-state index in [9.17, 15) is 0 Å². The van der Waals surface area contributed by atoms with Gasteiger partial charge in [0.25, 0.3) is 0 Å². The number of nitrogens with one attached hydrogen (secondary N) is 1. The van der Waals surface area contributed by atoms with Crippen molar-refractivity contribution in [2.75, 3.05) is 13.2 Å². The fourth-order valence-electron chi connectivity index (χ4n) is 1.42. The van der Waals surface area contributed by atoms with E-state index in [0.717, 1.165) is 20.3 Å². The van der Waals surface area contributed by atoms with Gasteiger partial charge in [-0.05, 0) is 63.4 Å². The maximum absolute atomic E-state index is 9.15. The van der Waals surface area contributed by atoms with Gasteiger partial charge in [0.05, 0.1) is 21.7 Å². The van der Waals surface area contributed by atoms with Crippen LogP contribution in [-0.4, -0.2) is 24.4 Å². The van der Waals surface area contributed by atoms with Crippen LogP contribution in [-0.2, 0) is 6.54 Å². The molecule has 0 bridgehead atoms. The van der Waals surface area contributed by atoms with E-state index in [1.807, 2.05) is 19.1 Å². The first-order valence-electron chi connectivity index (χ1n) is 5.54. The minimum atomic E-state index is -0.329. The van der Waals surface area contributed by atoms with Gasteiger partial charge in [0.2, 0.25) is 0 Å². The van der Waals surface area contributed by atoms with E-state index in [2.05, 4.69) is 37.2 Å². The molecule has 1 unspecified atom stereocenters. The Morgan fingerprint density at radius 2 is 1.89 bits per heavy atom. The van der Waals surface area contributed by atoms with Gasteiger partial charge in [-0.15, -0.1) is 12.4 Å². The second kappa shape index (κ2) is 9.15. The van der Waals surface area contributed by atoms with Crippen molar-refractivity contribution >= 4 is 44.3 Å². The molecule has 0 aromatic heterocycles. The molecule has 2 N–H and O–H groups in total. The predicted octanol–water partition coefficient (Wildman–Crippen LogP) is 3.50. The molecule has 0 aliphatic heterocycles. The Bertz CT molecular complexity index is 352. The molecular weight excluding hydrogens is 385 g/mol. The van der Waals surface area contributed by atoms with Crippen LogP contribution in [0.4, 0.5) is 0 Å². The molecule has 0 saturated heterocycles. The van der Waals surface area contributed by atoms with E-state index in [4.69, 9.17) is 9.84 Å². The Morgan fingerprint density at radius 1 is 1.33 bits per heavy atom. The number of aliphatic hydroxyl groups excluding tert-OH is 1. The number of rotatable bonds is 6. The molecule has 3 nitrogen and oxygen atoms in total. The van der Waals surface area contributed by atoms with Crippen LogP contribution in [0.3, 0.4) is 0 Å². The van der Waals surface area contributed by atoms with Crippen LogP contribution in [0.5, 0.6) is 5.75 Å². The summed E-state index contributed by atoms with van der Waals surface area (Å²) in [5.41, 5.74) is 1.13. The zero-order valence-corrected chi connectivity index (χ0v) is 14.4. The van der Waals surface area contributed by atoms with Crippen LogP contribution in [0, 0.1) is 0 Å². The van der Waals surface area contributed by atoms with Crippen LogP contribution in [0.2, 0.25) is 0 Å². The summed E-state index contributed by atoms with van der Waals surface area (Å²) in [6.45, 7) is 5.65. The molecule has 18 heavy (non-hydrogen) atoms. The highest BCUT2D eigenvalue weighted by molar-refractivity contribution is 9.11. The SMILES string of the molecule is CCOc1c(Br)cc(CNCC(C)O)cc1Br.Cl. The first-order valence-corrected chi connectivity index (χ1v) is 7.12. The number of ether oxygens (including phenoxy) is 1. The summed E-state index contributed by atoms with van der Waals surface area (Å²) in [4.78, 5) is 0. The second-order valence-corrected chi connectivity index (χ2v) is 5.51. The van der Waals surface area contributed by atoms with E-state index in [1.54, 1.807) is 6.92 Å². The molecule has 1 aromatic carbocycles. The molecule has 1 aromatic rings. The summed E-state index contributed by atoms with van der Waals surface area (Å²) < 4.78 is 7.38. The van der Waals surface area contributed by atoms with Gasteiger partial charge in [0.1, 0.15) is 5.75 Å². The topological polar surface area (TPSA) is 41.5 Å². The molecule has 0 amide bonds. The highest BCUT2D eigenvalue weighted by atomic mass is 79.9. The quantitative estimate of drug-likeness (QED) is 0.764. The summed E-state index contributed by atoms with van der Waals surface area (Å²) in [7, 11) is 0. The molecule has 6 heteroatoms. The molecule has 0 aliphatic rings. The summed E-state index contributed by atoms with van der Waals surface area (Å²) in [5, 5.41) is 12.3. The molecule has 1 atom stereocenters. The van der Waals surface area contributed by atoms with Crippen molar-refractivity contribution in [1.29, 1.82) is 0 Å². The number of benzene rings is 1. The van der Waals surface area contributed by atoms with Crippen LogP contribution in [0.1, 0.15) is 19.4 Å². The average Bonchev–Trinajstić information content (AvgIpc) is 2.23. The third-order valence-corrected chi connectivity index (χ3v) is 3.29. The van der Waals surface area contributed by atoms with Crippen molar-refractivity contribution in [2.45, 2.75) is 26.5 Å². The van der Waals surface area contributed by atoms with Gasteiger partial charge >= 0.3 is 0 Å². The van der Waals surface area contributed by atoms with Gasteiger partial charge in [-0.25, -0.2) is 0 Å². The number of halogens is 3. The van der Waals surface area contributed by atoms with Crippen molar-refractivity contribution in [3.8, 4) is 5.75 Å². The largest absolute Gasteiger partial charge is 0.492 e. The zero-order chi connectivity index (χ0) is 12.8. The summed E-state index contributed by atoms with van der Waals surface area (Å²) in [5.74, 6) is 0.826. The van der Waals surface area contributed by atoms with Crippen molar-refractivity contribution in [1.82, 2.24) is 5.32 Å². The molecular formula is C12H18Br2ClNO2. The van der Waals surface area contributed by atoms with Gasteiger partial charge in [-0.2, -0.15) is 0 Å². The molecule has 0 spiro atoms. The molecule has 104 valence electrons. The highest BCUT2D eigenvalue weighted by Crippen LogP contribution is 2.34. The molecule has 0 radical (unpaired) electrons. The van der Waals surface area contributed by atoms with Gasteiger partial charge in [0, 0.05) is 13.1 Å². The van der Waals surface area contributed by atoms with Gasteiger partial charge in [-0.3, -0.25) is 0 Å². The van der Waals surface area contributed by atoms with Crippen LogP contribution in [0.15, 0.2) is 21.1 Å². The lowest BCUT2D eigenvalue weighted by molar-refractivity contribution is 0.191. The van der Waals surface area contributed by atoms with E-state index >= 15 is 0 Å². The summed E-state index contributed by atoms with van der Waals surface area (Å²) in [6, 6.07) is 4.04. The van der Waals surface area contributed by atoms with Crippen molar-refractivity contribution in [2.24, 2.45) is 0 Å². The van der Waals surface area contributed by atoms with Gasteiger partial charge < -0.3 is 15.2 Å². The van der Waals surface area contributed by atoms with Gasteiger partial charge in [0.15, 0.2) is 0 Å². The normalized spacial score (nSPS) is 11.8. The average molecular weight is 404 g/mol. The van der Waals surface area contributed by atoms with E-state index in [1.165, 1.54) is 0 Å². The fraction of sp³-hybridized carbons (Fsp3) is 0.500. The van der Waals surface area contributed by atoms with E-state index < -0.39 is 0 Å².